The molecule has 2 aromatic heterocycles. The van der Waals surface area contributed by atoms with E-state index in [0.29, 0.717) is 5.76 Å². The van der Waals surface area contributed by atoms with Crippen molar-refractivity contribution in [2.45, 2.75) is 6.54 Å². The van der Waals surface area contributed by atoms with E-state index in [-0.39, 0.29) is 18.8 Å². The van der Waals surface area contributed by atoms with Crippen molar-refractivity contribution in [3.63, 3.8) is 0 Å². The number of aromatic amines is 1. The van der Waals surface area contributed by atoms with Crippen molar-refractivity contribution in [2.75, 3.05) is 6.61 Å². The average Bonchev–Trinajstić information content (AvgIpc) is 3.04. The Hall–Kier alpha value is -2.02. The monoisotopic (exact) mass is 326 g/mol. The van der Waals surface area contributed by atoms with Gasteiger partial charge in [0.1, 0.15) is 11.5 Å². The van der Waals surface area contributed by atoms with Crippen molar-refractivity contribution in [3.05, 3.63) is 46.6 Å². The van der Waals surface area contributed by atoms with Gasteiger partial charge in [0.25, 0.3) is 5.91 Å². The molecule has 2 rings (SSSR count). The number of ether oxygens (including phenoxy) is 1. The van der Waals surface area contributed by atoms with Crippen LogP contribution in [0.25, 0.3) is 0 Å². The van der Waals surface area contributed by atoms with Crippen molar-refractivity contribution in [1.82, 2.24) is 10.3 Å². The minimum atomic E-state index is -0.584. The minimum Gasteiger partial charge on any atom is -0.467 e. The maximum absolute atomic E-state index is 11.5. The summed E-state index contributed by atoms with van der Waals surface area (Å²) >= 11 is 3.20. The molecule has 2 heterocycles. The van der Waals surface area contributed by atoms with Crippen LogP contribution in [0.2, 0.25) is 0 Å². The van der Waals surface area contributed by atoms with E-state index in [0.717, 1.165) is 4.47 Å². The van der Waals surface area contributed by atoms with Gasteiger partial charge in [0.15, 0.2) is 6.61 Å². The number of carbonyl (C=O) groups is 2. The number of aromatic nitrogens is 1. The lowest BCUT2D eigenvalue weighted by molar-refractivity contribution is -0.124. The topological polar surface area (TPSA) is 84.3 Å². The molecule has 0 unspecified atom stereocenters. The Kier molecular flexibility index (Phi) is 4.40. The lowest BCUT2D eigenvalue weighted by Crippen LogP contribution is -2.28. The minimum absolute atomic E-state index is 0.261. The molecule has 0 bridgehead atoms. The zero-order valence-corrected chi connectivity index (χ0v) is 11.4. The van der Waals surface area contributed by atoms with Crippen LogP contribution in [-0.2, 0) is 16.1 Å². The molecule has 0 aliphatic rings. The Morgan fingerprint density at radius 3 is 2.95 bits per heavy atom. The molecule has 0 radical (unpaired) electrons. The van der Waals surface area contributed by atoms with Gasteiger partial charge >= 0.3 is 5.97 Å². The van der Waals surface area contributed by atoms with Gasteiger partial charge in [-0.3, -0.25) is 4.79 Å². The van der Waals surface area contributed by atoms with Crippen LogP contribution in [0, 0.1) is 0 Å². The van der Waals surface area contributed by atoms with Gasteiger partial charge in [0.2, 0.25) is 0 Å². The maximum atomic E-state index is 11.5. The number of H-pyrrole nitrogens is 1. The summed E-state index contributed by atoms with van der Waals surface area (Å²) in [6.45, 7) is -0.0758. The highest BCUT2D eigenvalue weighted by Gasteiger charge is 2.11. The lowest BCUT2D eigenvalue weighted by Gasteiger charge is -2.04. The fourth-order valence-corrected chi connectivity index (χ4v) is 1.69. The second kappa shape index (κ2) is 6.24. The molecule has 100 valence electrons. The highest BCUT2D eigenvalue weighted by atomic mass is 79.9. The first-order chi connectivity index (χ1) is 9.15. The first kappa shape index (κ1) is 13.4. The summed E-state index contributed by atoms with van der Waals surface area (Å²) in [7, 11) is 0. The molecular formula is C12H11BrN2O4. The van der Waals surface area contributed by atoms with Crippen molar-refractivity contribution >= 4 is 27.8 Å². The first-order valence-electron chi connectivity index (χ1n) is 5.45. The molecule has 19 heavy (non-hydrogen) atoms. The van der Waals surface area contributed by atoms with Gasteiger partial charge in [-0.05, 0) is 34.1 Å². The Morgan fingerprint density at radius 1 is 1.47 bits per heavy atom. The molecule has 0 atom stereocenters. The summed E-state index contributed by atoms with van der Waals surface area (Å²) in [4.78, 5) is 25.7. The summed E-state index contributed by atoms with van der Waals surface area (Å²) in [5, 5.41) is 2.57. The van der Waals surface area contributed by atoms with Gasteiger partial charge in [-0.25, -0.2) is 4.79 Å². The number of hydrogen-bond donors (Lipinski definition) is 2. The summed E-state index contributed by atoms with van der Waals surface area (Å²) in [5.74, 6) is -0.345. The Balaban J connectivity index is 1.73. The zero-order chi connectivity index (χ0) is 13.7. The van der Waals surface area contributed by atoms with Crippen LogP contribution in [0.15, 0.2) is 39.5 Å². The Bertz CT molecular complexity index is 562. The number of hydrogen-bond acceptors (Lipinski definition) is 4. The predicted molar refractivity (Wildman–Crippen MR) is 69.3 cm³/mol. The summed E-state index contributed by atoms with van der Waals surface area (Å²) in [6.07, 6.45) is 3.12. The molecule has 0 saturated heterocycles. The van der Waals surface area contributed by atoms with Gasteiger partial charge in [0, 0.05) is 10.7 Å². The molecule has 1 amide bonds. The molecule has 0 spiro atoms. The van der Waals surface area contributed by atoms with Gasteiger partial charge in [-0.2, -0.15) is 0 Å². The van der Waals surface area contributed by atoms with Crippen molar-refractivity contribution in [2.24, 2.45) is 0 Å². The van der Waals surface area contributed by atoms with Gasteiger partial charge in [0.05, 0.1) is 12.8 Å². The average molecular weight is 327 g/mol. The van der Waals surface area contributed by atoms with Crippen molar-refractivity contribution in [3.8, 4) is 0 Å². The van der Waals surface area contributed by atoms with Gasteiger partial charge in [-0.15, -0.1) is 0 Å². The van der Waals surface area contributed by atoms with Crippen LogP contribution in [-0.4, -0.2) is 23.5 Å². The second-order valence-corrected chi connectivity index (χ2v) is 4.58. The summed E-state index contributed by atoms with van der Waals surface area (Å²) < 4.78 is 10.6. The van der Waals surface area contributed by atoms with Crippen LogP contribution in [0.5, 0.6) is 0 Å². The Labute approximate surface area is 117 Å². The molecule has 0 aromatic carbocycles. The number of carbonyl (C=O) groups excluding carboxylic acids is 2. The largest absolute Gasteiger partial charge is 0.467 e. The third kappa shape index (κ3) is 3.99. The third-order valence-corrected chi connectivity index (χ3v) is 2.70. The van der Waals surface area contributed by atoms with E-state index in [1.54, 1.807) is 24.4 Å². The zero-order valence-electron chi connectivity index (χ0n) is 9.81. The highest BCUT2D eigenvalue weighted by Crippen LogP contribution is 2.11. The molecule has 2 aromatic rings. The van der Waals surface area contributed by atoms with E-state index in [9.17, 15) is 9.59 Å². The van der Waals surface area contributed by atoms with E-state index in [2.05, 4.69) is 26.2 Å². The predicted octanol–water partition coefficient (Wildman–Crippen LogP) is 1.84. The molecule has 7 heteroatoms. The van der Waals surface area contributed by atoms with Crippen LogP contribution in [0.3, 0.4) is 0 Å². The van der Waals surface area contributed by atoms with Crippen LogP contribution in [0.4, 0.5) is 0 Å². The number of halogens is 1. The normalized spacial score (nSPS) is 10.2. The van der Waals surface area contributed by atoms with Crippen LogP contribution < -0.4 is 5.32 Å². The number of rotatable bonds is 5. The fourth-order valence-electron chi connectivity index (χ4n) is 1.34. The molecule has 0 aliphatic carbocycles. The smallest absolute Gasteiger partial charge is 0.355 e. The highest BCUT2D eigenvalue weighted by molar-refractivity contribution is 9.10. The summed E-state index contributed by atoms with van der Waals surface area (Å²) in [5.41, 5.74) is 0.283. The van der Waals surface area contributed by atoms with E-state index in [4.69, 9.17) is 9.15 Å². The lowest BCUT2D eigenvalue weighted by atomic mass is 10.4. The molecule has 6 nitrogen and oxygen atoms in total. The second-order valence-electron chi connectivity index (χ2n) is 3.66. The van der Waals surface area contributed by atoms with Gasteiger partial charge in [-0.1, -0.05) is 0 Å². The van der Waals surface area contributed by atoms with Crippen LogP contribution in [0.1, 0.15) is 16.2 Å². The van der Waals surface area contributed by atoms with E-state index in [1.165, 1.54) is 6.26 Å². The van der Waals surface area contributed by atoms with E-state index >= 15 is 0 Å². The Morgan fingerprint density at radius 2 is 2.32 bits per heavy atom. The maximum Gasteiger partial charge on any atom is 0.355 e. The number of esters is 1. The number of furan rings is 1. The molecule has 0 fully saturated rings. The van der Waals surface area contributed by atoms with Gasteiger partial charge < -0.3 is 19.5 Å². The third-order valence-electron chi connectivity index (χ3n) is 2.24. The first-order valence-corrected chi connectivity index (χ1v) is 6.24. The van der Waals surface area contributed by atoms with Crippen LogP contribution >= 0.6 is 15.9 Å². The fraction of sp³-hybridized carbons (Fsp3) is 0.167. The quantitative estimate of drug-likeness (QED) is 0.821. The molecular weight excluding hydrogens is 316 g/mol. The van der Waals surface area contributed by atoms with E-state index < -0.39 is 11.9 Å². The summed E-state index contributed by atoms with van der Waals surface area (Å²) in [6, 6.07) is 5.04. The number of amides is 1. The van der Waals surface area contributed by atoms with E-state index in [1.807, 2.05) is 0 Å². The molecule has 0 saturated carbocycles. The molecule has 0 aliphatic heterocycles. The van der Waals surface area contributed by atoms with Crippen molar-refractivity contribution < 1.29 is 18.7 Å². The standard InChI is InChI=1S/C12H11BrN2O4/c13-8-4-10(14-5-8)12(17)19-7-11(16)15-6-9-2-1-3-18-9/h1-5,14H,6-7H2,(H,15,16). The molecule has 2 N–H and O–H groups in total. The number of nitrogens with one attached hydrogen (secondary N) is 2. The van der Waals surface area contributed by atoms with Crippen molar-refractivity contribution in [1.29, 1.82) is 0 Å². The SMILES string of the molecule is O=C(COC(=O)c1cc(Br)c[nH]1)NCc1ccco1.